The predicted molar refractivity (Wildman–Crippen MR) is 80.7 cm³/mol. The van der Waals surface area contributed by atoms with Crippen LogP contribution in [0.2, 0.25) is 0 Å². The van der Waals surface area contributed by atoms with Crippen molar-refractivity contribution < 1.29 is 14.3 Å². The summed E-state index contributed by atoms with van der Waals surface area (Å²) in [6.07, 6.45) is 3.05. The molecule has 1 amide bonds. The van der Waals surface area contributed by atoms with Crippen molar-refractivity contribution in [1.29, 1.82) is 0 Å². The van der Waals surface area contributed by atoms with Crippen LogP contribution >= 0.6 is 11.3 Å². The average molecular weight is 310 g/mol. The molecule has 0 bridgehead atoms. The third-order valence-electron chi connectivity index (χ3n) is 4.24. The second-order valence-electron chi connectivity index (χ2n) is 5.86. The number of aryl methyl sites for hydroxylation is 1. The molecule has 0 radical (unpaired) electrons. The van der Waals surface area contributed by atoms with Gasteiger partial charge in [0.25, 0.3) is 5.91 Å². The highest BCUT2D eigenvalue weighted by atomic mass is 32.1. The van der Waals surface area contributed by atoms with Gasteiger partial charge >= 0.3 is 0 Å². The molecule has 0 N–H and O–H groups in total. The number of likely N-dealkylation sites (tertiary alicyclic amines) is 1. The Morgan fingerprint density at radius 3 is 3.24 bits per heavy atom. The third kappa shape index (κ3) is 3.12. The van der Waals surface area contributed by atoms with Crippen molar-refractivity contribution in [2.24, 2.45) is 0 Å². The average Bonchev–Trinajstić information content (AvgIpc) is 3.06. The van der Waals surface area contributed by atoms with E-state index in [2.05, 4.69) is 4.98 Å². The van der Waals surface area contributed by atoms with Crippen LogP contribution in [0.25, 0.3) is 0 Å². The quantitative estimate of drug-likeness (QED) is 0.859. The zero-order valence-electron chi connectivity index (χ0n) is 12.6. The number of hydrogen-bond acceptors (Lipinski definition) is 5. The molecule has 1 aromatic rings. The Balaban J connectivity index is 1.67. The maximum absolute atomic E-state index is 12.5. The molecule has 0 aliphatic carbocycles. The van der Waals surface area contributed by atoms with Crippen LogP contribution in [-0.2, 0) is 9.47 Å². The van der Waals surface area contributed by atoms with Gasteiger partial charge < -0.3 is 14.4 Å². The number of amides is 1. The Kier molecular flexibility index (Phi) is 4.28. The Morgan fingerprint density at radius 2 is 2.52 bits per heavy atom. The number of rotatable bonds is 3. The molecular weight excluding hydrogens is 288 g/mol. The second kappa shape index (κ2) is 6.02. The lowest BCUT2D eigenvalue weighted by molar-refractivity contribution is -0.0463. The summed E-state index contributed by atoms with van der Waals surface area (Å²) >= 11 is 1.52. The van der Waals surface area contributed by atoms with Gasteiger partial charge in [-0.05, 0) is 26.7 Å². The molecule has 2 fully saturated rings. The summed E-state index contributed by atoms with van der Waals surface area (Å²) in [5.74, 6) is 0.0295. The third-order valence-corrected chi connectivity index (χ3v) is 5.02. The molecule has 6 heteroatoms. The predicted octanol–water partition coefficient (Wildman–Crippen LogP) is 2.25. The topological polar surface area (TPSA) is 51.7 Å². The van der Waals surface area contributed by atoms with Crippen LogP contribution in [0.4, 0.5) is 0 Å². The van der Waals surface area contributed by atoms with Gasteiger partial charge in [0.15, 0.2) is 0 Å². The number of nitrogens with zero attached hydrogens (tertiary/aromatic N) is 2. The van der Waals surface area contributed by atoms with Crippen LogP contribution in [0.15, 0.2) is 5.38 Å². The molecule has 5 nitrogen and oxygen atoms in total. The Labute approximate surface area is 129 Å². The minimum atomic E-state index is -0.210. The minimum Gasteiger partial charge on any atom is -0.376 e. The van der Waals surface area contributed by atoms with Crippen molar-refractivity contribution in [2.45, 2.75) is 44.8 Å². The van der Waals surface area contributed by atoms with E-state index in [4.69, 9.17) is 9.47 Å². The van der Waals surface area contributed by atoms with Gasteiger partial charge in [0.2, 0.25) is 0 Å². The minimum absolute atomic E-state index is 0.0295. The van der Waals surface area contributed by atoms with E-state index >= 15 is 0 Å². The van der Waals surface area contributed by atoms with E-state index in [1.54, 1.807) is 0 Å². The SMILES string of the molecule is CCOC1COC2(CCCN(C(=O)c3csc(C)n3)C2)C1. The lowest BCUT2D eigenvalue weighted by Crippen LogP contribution is -2.50. The van der Waals surface area contributed by atoms with Gasteiger partial charge in [0.1, 0.15) is 5.69 Å². The maximum Gasteiger partial charge on any atom is 0.273 e. The zero-order chi connectivity index (χ0) is 14.9. The molecule has 3 heterocycles. The largest absolute Gasteiger partial charge is 0.376 e. The molecule has 2 saturated heterocycles. The number of thiazole rings is 1. The Morgan fingerprint density at radius 1 is 1.67 bits per heavy atom. The van der Waals surface area contributed by atoms with Crippen molar-refractivity contribution >= 4 is 17.2 Å². The van der Waals surface area contributed by atoms with E-state index in [1.807, 2.05) is 24.1 Å². The van der Waals surface area contributed by atoms with E-state index in [1.165, 1.54) is 11.3 Å². The monoisotopic (exact) mass is 310 g/mol. The van der Waals surface area contributed by atoms with Crippen LogP contribution in [0.3, 0.4) is 0 Å². The number of carbonyl (C=O) groups is 1. The van der Waals surface area contributed by atoms with Gasteiger partial charge in [-0.1, -0.05) is 0 Å². The molecule has 1 aromatic heterocycles. The Hall–Kier alpha value is -0.980. The molecule has 0 saturated carbocycles. The first kappa shape index (κ1) is 14.9. The summed E-state index contributed by atoms with van der Waals surface area (Å²) in [5, 5.41) is 2.77. The molecule has 116 valence electrons. The van der Waals surface area contributed by atoms with Crippen molar-refractivity contribution in [3.63, 3.8) is 0 Å². The number of carbonyl (C=O) groups excluding carboxylic acids is 1. The van der Waals surface area contributed by atoms with Crippen molar-refractivity contribution in [2.75, 3.05) is 26.3 Å². The van der Waals surface area contributed by atoms with Crippen molar-refractivity contribution in [3.8, 4) is 0 Å². The lowest BCUT2D eigenvalue weighted by atomic mass is 9.89. The molecule has 21 heavy (non-hydrogen) atoms. The van der Waals surface area contributed by atoms with E-state index in [-0.39, 0.29) is 17.6 Å². The van der Waals surface area contributed by atoms with Crippen LogP contribution in [0.5, 0.6) is 0 Å². The fourth-order valence-electron chi connectivity index (χ4n) is 3.32. The Bertz CT molecular complexity index is 519. The second-order valence-corrected chi connectivity index (χ2v) is 6.92. The highest BCUT2D eigenvalue weighted by molar-refractivity contribution is 7.09. The molecule has 2 unspecified atom stereocenters. The molecular formula is C15H22N2O3S. The van der Waals surface area contributed by atoms with Gasteiger partial charge in [0.05, 0.1) is 29.9 Å². The van der Waals surface area contributed by atoms with E-state index in [0.717, 1.165) is 30.8 Å². The van der Waals surface area contributed by atoms with Crippen molar-refractivity contribution in [3.05, 3.63) is 16.1 Å². The first-order valence-corrected chi connectivity index (χ1v) is 8.47. The molecule has 0 aromatic carbocycles. The smallest absolute Gasteiger partial charge is 0.273 e. The van der Waals surface area contributed by atoms with Gasteiger partial charge in [-0.25, -0.2) is 4.98 Å². The first-order valence-electron chi connectivity index (χ1n) is 7.59. The summed E-state index contributed by atoms with van der Waals surface area (Å²) in [6, 6.07) is 0. The standard InChI is InChI=1S/C15H22N2O3S/c1-3-19-12-7-15(20-8-12)5-4-6-17(10-15)14(18)13-9-21-11(2)16-13/h9,12H,3-8,10H2,1-2H3. The van der Waals surface area contributed by atoms with E-state index < -0.39 is 0 Å². The summed E-state index contributed by atoms with van der Waals surface area (Å²) in [7, 11) is 0. The lowest BCUT2D eigenvalue weighted by Gasteiger charge is -2.39. The number of piperidine rings is 1. The van der Waals surface area contributed by atoms with E-state index in [9.17, 15) is 4.79 Å². The number of aromatic nitrogens is 1. The zero-order valence-corrected chi connectivity index (χ0v) is 13.4. The number of ether oxygens (including phenoxy) is 2. The molecule has 2 atom stereocenters. The van der Waals surface area contributed by atoms with E-state index in [0.29, 0.717) is 25.5 Å². The summed E-state index contributed by atoms with van der Waals surface area (Å²) in [5.41, 5.74) is 0.354. The molecule has 2 aliphatic rings. The van der Waals surface area contributed by atoms with Gasteiger partial charge in [-0.3, -0.25) is 4.79 Å². The molecule has 3 rings (SSSR count). The van der Waals surface area contributed by atoms with Crippen LogP contribution < -0.4 is 0 Å². The summed E-state index contributed by atoms with van der Waals surface area (Å²) < 4.78 is 11.7. The fraction of sp³-hybridized carbons (Fsp3) is 0.733. The summed E-state index contributed by atoms with van der Waals surface area (Å²) in [4.78, 5) is 18.7. The van der Waals surface area contributed by atoms with Crippen molar-refractivity contribution in [1.82, 2.24) is 9.88 Å². The highest BCUT2D eigenvalue weighted by Gasteiger charge is 2.45. The molecule has 2 aliphatic heterocycles. The fourth-order valence-corrected chi connectivity index (χ4v) is 3.91. The maximum atomic E-state index is 12.5. The van der Waals surface area contributed by atoms with Gasteiger partial charge in [-0.2, -0.15) is 0 Å². The van der Waals surface area contributed by atoms with Gasteiger partial charge in [-0.15, -0.1) is 11.3 Å². The normalized spacial score (nSPS) is 29.2. The highest BCUT2D eigenvalue weighted by Crippen LogP contribution is 2.36. The first-order chi connectivity index (χ1) is 10.1. The van der Waals surface area contributed by atoms with Gasteiger partial charge in [0, 0.05) is 25.0 Å². The number of hydrogen-bond donors (Lipinski definition) is 0. The summed E-state index contributed by atoms with van der Waals surface area (Å²) in [6.45, 7) is 6.74. The molecule has 1 spiro atoms. The van der Waals surface area contributed by atoms with Crippen LogP contribution in [0.1, 0.15) is 41.7 Å². The van der Waals surface area contributed by atoms with Crippen LogP contribution in [-0.4, -0.2) is 53.8 Å². The van der Waals surface area contributed by atoms with Crippen LogP contribution in [0, 0.1) is 6.92 Å².